The lowest BCUT2D eigenvalue weighted by Gasteiger charge is -2.01. The third-order valence-electron chi connectivity index (χ3n) is 0.878. The molecule has 0 spiro atoms. The topological polar surface area (TPSA) is 74.0 Å². The molecule has 2 N–H and O–H groups in total. The minimum absolute atomic E-state index is 0.186. The first-order valence-corrected chi connectivity index (χ1v) is 5.28. The van der Waals surface area contributed by atoms with E-state index in [2.05, 4.69) is 31.8 Å². The number of aliphatic imine (C=N–C) groups is 2. The average molecular weight is 203 g/mol. The maximum absolute atomic E-state index is 10.6. The molecule has 1 unspecified atom stereocenters. The standard InChI is InChI=1S/C5H5N3O2S2/c9-12(10,11)8-5-2-1-3-6-4-7-5/h1-2,4,8H,(H,9,10,11). The Bertz CT molecular complexity index is 387. The van der Waals surface area contributed by atoms with Gasteiger partial charge in [0.2, 0.25) is 8.96 Å². The number of hydrogen-bond donors (Lipinski definition) is 2. The van der Waals surface area contributed by atoms with Gasteiger partial charge in [-0.1, -0.05) is 0 Å². The van der Waals surface area contributed by atoms with Gasteiger partial charge in [-0.05, 0) is 11.9 Å². The van der Waals surface area contributed by atoms with Gasteiger partial charge in [0.15, 0.2) is 0 Å². The molecule has 0 saturated heterocycles. The van der Waals surface area contributed by atoms with Crippen LogP contribution >= 0.6 is 0 Å². The number of rotatable bonds is 2. The predicted molar refractivity (Wildman–Crippen MR) is 49.9 cm³/mol. The van der Waals surface area contributed by atoms with E-state index >= 15 is 0 Å². The molecule has 1 heterocycles. The number of nitrogens with one attached hydrogen (secondary N) is 1. The molecule has 0 bridgehead atoms. The van der Waals surface area contributed by atoms with Crippen molar-refractivity contribution in [3.8, 4) is 0 Å². The average Bonchev–Trinajstić information content (AvgIpc) is 2.12. The summed E-state index contributed by atoms with van der Waals surface area (Å²) in [7, 11) is -3.43. The second-order valence-electron chi connectivity index (χ2n) is 1.80. The molecule has 64 valence electrons. The van der Waals surface area contributed by atoms with E-state index in [1.54, 1.807) is 0 Å². The number of allylic oxidation sites excluding steroid dienone is 2. The number of nitrogens with zero attached hydrogens (tertiary/aromatic N) is 2. The zero-order chi connectivity index (χ0) is 9.03. The van der Waals surface area contributed by atoms with Gasteiger partial charge in [0.1, 0.15) is 12.2 Å². The lowest BCUT2D eigenvalue weighted by Crippen LogP contribution is -2.19. The van der Waals surface area contributed by atoms with Gasteiger partial charge < -0.3 is 0 Å². The van der Waals surface area contributed by atoms with Crippen molar-refractivity contribution in [3.63, 3.8) is 0 Å². The van der Waals surface area contributed by atoms with Gasteiger partial charge in [-0.2, -0.15) is 4.99 Å². The fraction of sp³-hybridized carbons (Fsp3) is 0. The van der Waals surface area contributed by atoms with Crippen molar-refractivity contribution in [1.29, 1.82) is 0 Å². The smallest absolute Gasteiger partial charge is 0.231 e. The highest BCUT2D eigenvalue weighted by atomic mass is 32.8. The van der Waals surface area contributed by atoms with Gasteiger partial charge in [-0.3, -0.25) is 9.27 Å². The maximum Gasteiger partial charge on any atom is 0.231 e. The normalized spacial score (nSPS) is 19.6. The van der Waals surface area contributed by atoms with Crippen LogP contribution in [0.25, 0.3) is 0 Å². The van der Waals surface area contributed by atoms with Gasteiger partial charge in [-0.25, -0.2) is 9.20 Å². The van der Waals surface area contributed by atoms with Gasteiger partial charge in [0.05, 0.1) is 0 Å². The van der Waals surface area contributed by atoms with Crippen molar-refractivity contribution < 1.29 is 8.76 Å². The fourth-order valence-corrected chi connectivity index (χ4v) is 1.16. The van der Waals surface area contributed by atoms with Crippen LogP contribution in [-0.2, 0) is 20.1 Å². The van der Waals surface area contributed by atoms with Crippen LogP contribution in [0.4, 0.5) is 0 Å². The quantitative estimate of drug-likeness (QED) is 0.653. The Kier molecular flexibility index (Phi) is 2.72. The molecule has 12 heavy (non-hydrogen) atoms. The molecule has 7 heteroatoms. The SMILES string of the molecule is O=S(O)(=S)NC1=CC=C=NC=N1. The summed E-state index contributed by atoms with van der Waals surface area (Å²) in [4.78, 5) is 7.22. The van der Waals surface area contributed by atoms with Crippen LogP contribution in [0, 0.1) is 0 Å². The summed E-state index contributed by atoms with van der Waals surface area (Å²) in [6.45, 7) is 0. The molecule has 1 aliphatic heterocycles. The Morgan fingerprint density at radius 2 is 2.50 bits per heavy atom. The first-order chi connectivity index (χ1) is 5.58. The molecule has 0 aliphatic carbocycles. The van der Waals surface area contributed by atoms with E-state index in [-0.39, 0.29) is 5.82 Å². The van der Waals surface area contributed by atoms with Crippen molar-refractivity contribution >= 4 is 32.4 Å². The molecule has 1 rings (SSSR count). The van der Waals surface area contributed by atoms with Crippen LogP contribution in [0.1, 0.15) is 0 Å². The molecule has 0 amide bonds. The Labute approximate surface area is 74.2 Å². The highest BCUT2D eigenvalue weighted by molar-refractivity contribution is 8.28. The molecule has 0 aromatic carbocycles. The van der Waals surface area contributed by atoms with E-state index in [0.29, 0.717) is 0 Å². The molecule has 0 fully saturated rings. The van der Waals surface area contributed by atoms with Crippen molar-refractivity contribution in [2.75, 3.05) is 0 Å². The molecular weight excluding hydrogens is 198 g/mol. The Morgan fingerprint density at radius 3 is 3.17 bits per heavy atom. The molecule has 1 atom stereocenters. The van der Waals surface area contributed by atoms with Crippen LogP contribution in [0.2, 0.25) is 0 Å². The molecule has 0 aromatic rings. The summed E-state index contributed by atoms with van der Waals surface area (Å²) in [5.74, 6) is 2.68. The molecule has 1 aliphatic rings. The van der Waals surface area contributed by atoms with Gasteiger partial charge in [0, 0.05) is 17.3 Å². The second-order valence-corrected chi connectivity index (χ2v) is 4.31. The molecule has 0 saturated carbocycles. The highest BCUT2D eigenvalue weighted by Gasteiger charge is 2.00. The van der Waals surface area contributed by atoms with Gasteiger partial charge in [-0.15, -0.1) is 0 Å². The first-order valence-electron chi connectivity index (χ1n) is 2.84. The predicted octanol–water partition coefficient (Wildman–Crippen LogP) is -0.180. The minimum atomic E-state index is -3.43. The van der Waals surface area contributed by atoms with Crippen LogP contribution in [0.3, 0.4) is 0 Å². The lowest BCUT2D eigenvalue weighted by molar-refractivity contribution is 0.553. The largest absolute Gasteiger partial charge is 0.290 e. The van der Waals surface area contributed by atoms with E-state index in [1.807, 2.05) is 0 Å². The third-order valence-corrected chi connectivity index (χ3v) is 1.60. The monoisotopic (exact) mass is 203 g/mol. The fourth-order valence-electron chi connectivity index (χ4n) is 0.519. The van der Waals surface area contributed by atoms with Crippen LogP contribution in [0.15, 0.2) is 28.0 Å². The summed E-state index contributed by atoms with van der Waals surface area (Å²) in [6.07, 6.45) is 4.09. The van der Waals surface area contributed by atoms with Gasteiger partial charge >= 0.3 is 0 Å². The molecular formula is C5H5N3O2S2. The van der Waals surface area contributed by atoms with E-state index in [0.717, 1.165) is 0 Å². The zero-order valence-corrected chi connectivity index (χ0v) is 7.43. The van der Waals surface area contributed by atoms with Crippen molar-refractivity contribution in [2.45, 2.75) is 0 Å². The van der Waals surface area contributed by atoms with Crippen molar-refractivity contribution in [1.82, 2.24) is 4.72 Å². The summed E-state index contributed by atoms with van der Waals surface area (Å²) < 4.78 is 21.5. The van der Waals surface area contributed by atoms with Crippen LogP contribution in [-0.4, -0.2) is 21.0 Å². The Morgan fingerprint density at radius 1 is 1.75 bits per heavy atom. The number of hydrogen-bond acceptors (Lipinski definition) is 4. The van der Waals surface area contributed by atoms with E-state index in [9.17, 15) is 4.21 Å². The van der Waals surface area contributed by atoms with E-state index in [1.165, 1.54) is 18.5 Å². The summed E-state index contributed by atoms with van der Waals surface area (Å²) in [5, 5.41) is 0. The van der Waals surface area contributed by atoms with Crippen molar-refractivity contribution in [3.05, 3.63) is 18.0 Å². The van der Waals surface area contributed by atoms with E-state index in [4.69, 9.17) is 4.55 Å². The maximum atomic E-state index is 10.6. The summed E-state index contributed by atoms with van der Waals surface area (Å²) in [5.41, 5.74) is 0. The molecule has 0 radical (unpaired) electrons. The Hall–Kier alpha value is -1.01. The van der Waals surface area contributed by atoms with Gasteiger partial charge in [0.25, 0.3) is 0 Å². The summed E-state index contributed by atoms with van der Waals surface area (Å²) >= 11 is 4.20. The third kappa shape index (κ3) is 3.40. The highest BCUT2D eigenvalue weighted by Crippen LogP contribution is 1.95. The lowest BCUT2D eigenvalue weighted by atomic mass is 10.5. The zero-order valence-electron chi connectivity index (χ0n) is 5.80. The molecule has 0 aromatic heterocycles. The molecule has 5 nitrogen and oxygen atoms in total. The second kappa shape index (κ2) is 3.59. The first kappa shape index (κ1) is 9.08. The summed E-state index contributed by atoms with van der Waals surface area (Å²) in [6, 6.07) is 0. The van der Waals surface area contributed by atoms with Crippen LogP contribution < -0.4 is 4.72 Å². The van der Waals surface area contributed by atoms with Crippen LogP contribution in [0.5, 0.6) is 0 Å². The minimum Gasteiger partial charge on any atom is -0.290 e. The van der Waals surface area contributed by atoms with Crippen molar-refractivity contribution in [2.24, 2.45) is 9.98 Å². The Balaban J connectivity index is 2.80. The van der Waals surface area contributed by atoms with E-state index < -0.39 is 8.96 Å².